The van der Waals surface area contributed by atoms with Gasteiger partial charge in [0.05, 0.1) is 11.7 Å². The van der Waals surface area contributed by atoms with Gasteiger partial charge in [-0.3, -0.25) is 15.6 Å². The average molecular weight is 301 g/mol. The third-order valence-electron chi connectivity index (χ3n) is 2.50. The van der Waals surface area contributed by atoms with Crippen LogP contribution in [0.15, 0.2) is 23.4 Å². The number of pyridine rings is 1. The number of nitrogens with two attached hydrogens (primary N) is 1. The Bertz CT molecular complexity index is 561. The van der Waals surface area contributed by atoms with Crippen molar-refractivity contribution in [2.75, 3.05) is 12.0 Å². The number of carbonyl (C=O) groups excluding carboxylic acids is 1. The van der Waals surface area contributed by atoms with Crippen molar-refractivity contribution in [1.29, 1.82) is 0 Å². The van der Waals surface area contributed by atoms with Crippen molar-refractivity contribution in [2.45, 2.75) is 31.2 Å². The third kappa shape index (κ3) is 4.15. The van der Waals surface area contributed by atoms with Gasteiger partial charge in [0.15, 0.2) is 0 Å². The van der Waals surface area contributed by atoms with Gasteiger partial charge >= 0.3 is 0 Å². The highest BCUT2D eigenvalue weighted by Crippen LogP contribution is 2.18. The van der Waals surface area contributed by atoms with E-state index in [4.69, 9.17) is 5.84 Å². The molecular formula is C11H19N5O3S. The lowest BCUT2D eigenvalue weighted by Gasteiger charge is -2.15. The van der Waals surface area contributed by atoms with Gasteiger partial charge in [0.25, 0.3) is 0 Å². The molecule has 1 aromatic heterocycles. The highest BCUT2D eigenvalue weighted by molar-refractivity contribution is 7.89. The molecule has 0 saturated carbocycles. The first-order valence-corrected chi connectivity index (χ1v) is 7.61. The molecular weight excluding hydrogens is 282 g/mol. The minimum Gasteiger partial charge on any atom is -0.355 e. The molecule has 0 fully saturated rings. The normalized spacial score (nSPS) is 12.8. The molecule has 9 heteroatoms. The van der Waals surface area contributed by atoms with E-state index in [0.29, 0.717) is 6.54 Å². The molecule has 1 atom stereocenters. The molecule has 0 spiro atoms. The number of hydrogen-bond donors (Lipinski definition) is 4. The van der Waals surface area contributed by atoms with Gasteiger partial charge < -0.3 is 10.7 Å². The maximum Gasteiger partial charge on any atom is 0.244 e. The zero-order chi connectivity index (χ0) is 15.2. The summed E-state index contributed by atoms with van der Waals surface area (Å²) < 4.78 is 26.6. The van der Waals surface area contributed by atoms with Crippen LogP contribution in [0.3, 0.4) is 0 Å². The fraction of sp³-hybridized carbons (Fsp3) is 0.455. The van der Waals surface area contributed by atoms with Crippen LogP contribution in [0.1, 0.15) is 20.3 Å². The average Bonchev–Trinajstić information content (AvgIpc) is 2.44. The SMILES string of the molecule is CCCNC(=O)C(C)NS(=O)(=O)c1cnccc1NN. The molecule has 0 saturated heterocycles. The molecule has 0 radical (unpaired) electrons. The second-order valence-electron chi connectivity index (χ2n) is 4.15. The first-order valence-electron chi connectivity index (χ1n) is 6.13. The Morgan fingerprint density at radius 1 is 1.50 bits per heavy atom. The van der Waals surface area contributed by atoms with Gasteiger partial charge in [0.1, 0.15) is 4.90 Å². The van der Waals surface area contributed by atoms with Gasteiger partial charge in [-0.2, -0.15) is 4.72 Å². The topological polar surface area (TPSA) is 126 Å². The number of aromatic nitrogens is 1. The molecule has 0 bridgehead atoms. The minimum absolute atomic E-state index is 0.113. The summed E-state index contributed by atoms with van der Waals surface area (Å²) in [5, 5.41) is 2.61. The van der Waals surface area contributed by atoms with Crippen LogP contribution in [0.2, 0.25) is 0 Å². The first kappa shape index (κ1) is 16.3. The van der Waals surface area contributed by atoms with Crippen molar-refractivity contribution in [1.82, 2.24) is 15.0 Å². The van der Waals surface area contributed by atoms with Crippen molar-refractivity contribution in [3.63, 3.8) is 0 Å². The van der Waals surface area contributed by atoms with Crippen molar-refractivity contribution in [3.05, 3.63) is 18.5 Å². The van der Waals surface area contributed by atoms with Crippen LogP contribution in [0, 0.1) is 0 Å². The molecule has 1 aromatic rings. The van der Waals surface area contributed by atoms with Crippen LogP contribution in [0.4, 0.5) is 5.69 Å². The predicted molar refractivity (Wildman–Crippen MR) is 75.1 cm³/mol. The van der Waals surface area contributed by atoms with E-state index in [2.05, 4.69) is 20.4 Å². The molecule has 1 unspecified atom stereocenters. The summed E-state index contributed by atoms with van der Waals surface area (Å²) in [6.07, 6.45) is 3.34. The largest absolute Gasteiger partial charge is 0.355 e. The Morgan fingerprint density at radius 2 is 2.20 bits per heavy atom. The Hall–Kier alpha value is -1.71. The number of sulfonamides is 1. The number of hydrazine groups is 1. The van der Waals surface area contributed by atoms with Gasteiger partial charge in [0, 0.05) is 18.9 Å². The van der Waals surface area contributed by atoms with Crippen molar-refractivity contribution in [3.8, 4) is 0 Å². The predicted octanol–water partition coefficient (Wildman–Crippen LogP) is -0.440. The molecule has 0 aliphatic heterocycles. The van der Waals surface area contributed by atoms with Crippen LogP contribution < -0.4 is 21.3 Å². The molecule has 20 heavy (non-hydrogen) atoms. The van der Waals surface area contributed by atoms with Gasteiger partial charge in [-0.05, 0) is 19.4 Å². The Kier molecular flexibility index (Phi) is 5.86. The lowest BCUT2D eigenvalue weighted by molar-refractivity contribution is -0.122. The van der Waals surface area contributed by atoms with E-state index >= 15 is 0 Å². The summed E-state index contributed by atoms with van der Waals surface area (Å²) in [5.74, 6) is 4.87. The smallest absolute Gasteiger partial charge is 0.244 e. The van der Waals surface area contributed by atoms with E-state index in [1.54, 1.807) is 0 Å². The van der Waals surface area contributed by atoms with Crippen molar-refractivity contribution in [2.24, 2.45) is 5.84 Å². The van der Waals surface area contributed by atoms with Crippen molar-refractivity contribution < 1.29 is 13.2 Å². The third-order valence-corrected chi connectivity index (χ3v) is 4.07. The molecule has 1 heterocycles. The highest BCUT2D eigenvalue weighted by Gasteiger charge is 2.24. The number of nitrogens with zero attached hydrogens (tertiary/aromatic N) is 1. The molecule has 5 N–H and O–H groups in total. The monoisotopic (exact) mass is 301 g/mol. The van der Waals surface area contributed by atoms with E-state index in [9.17, 15) is 13.2 Å². The van der Waals surface area contributed by atoms with E-state index in [-0.39, 0.29) is 16.5 Å². The second kappa shape index (κ2) is 7.17. The molecule has 1 amide bonds. The zero-order valence-corrected chi connectivity index (χ0v) is 12.2. The second-order valence-corrected chi connectivity index (χ2v) is 5.83. The fourth-order valence-electron chi connectivity index (χ4n) is 1.46. The summed E-state index contributed by atoms with van der Waals surface area (Å²) in [7, 11) is -3.89. The van der Waals surface area contributed by atoms with Crippen LogP contribution in [-0.2, 0) is 14.8 Å². The summed E-state index contributed by atoms with van der Waals surface area (Å²) in [5.41, 5.74) is 2.48. The standard InChI is InChI=1S/C11H19N5O3S/c1-3-5-14-11(17)8(2)16-20(18,19)10-7-13-6-4-9(10)15-12/h4,6-8,16H,3,5,12H2,1-2H3,(H,13,15)(H,14,17). The summed E-state index contributed by atoms with van der Waals surface area (Å²) in [6.45, 7) is 3.87. The number of rotatable bonds is 7. The summed E-state index contributed by atoms with van der Waals surface area (Å²) >= 11 is 0. The number of nitrogens with one attached hydrogen (secondary N) is 3. The number of amides is 1. The van der Waals surface area contributed by atoms with Gasteiger partial charge in [-0.1, -0.05) is 6.92 Å². The fourth-order valence-corrected chi connectivity index (χ4v) is 2.78. The van der Waals surface area contributed by atoms with Gasteiger partial charge in [-0.15, -0.1) is 0 Å². The van der Waals surface area contributed by atoms with Crippen molar-refractivity contribution >= 4 is 21.6 Å². The zero-order valence-electron chi connectivity index (χ0n) is 11.4. The number of nitrogen functional groups attached to an aromatic ring is 1. The lowest BCUT2D eigenvalue weighted by atomic mass is 10.3. The van der Waals surface area contributed by atoms with Crippen LogP contribution in [-0.4, -0.2) is 31.9 Å². The van der Waals surface area contributed by atoms with E-state index in [1.807, 2.05) is 6.92 Å². The maximum atomic E-state index is 12.2. The Labute approximate surface area is 118 Å². The number of carbonyl (C=O) groups is 1. The highest BCUT2D eigenvalue weighted by atomic mass is 32.2. The summed E-state index contributed by atoms with van der Waals surface area (Å²) in [4.78, 5) is 15.3. The Morgan fingerprint density at radius 3 is 2.80 bits per heavy atom. The van der Waals surface area contributed by atoms with Crippen LogP contribution in [0.25, 0.3) is 0 Å². The van der Waals surface area contributed by atoms with E-state index < -0.39 is 16.1 Å². The molecule has 0 aliphatic carbocycles. The molecule has 112 valence electrons. The van der Waals surface area contributed by atoms with Crippen LogP contribution in [0.5, 0.6) is 0 Å². The molecule has 8 nitrogen and oxygen atoms in total. The Balaban J connectivity index is 2.87. The van der Waals surface area contributed by atoms with E-state index in [1.165, 1.54) is 19.2 Å². The van der Waals surface area contributed by atoms with Gasteiger partial charge in [0.2, 0.25) is 15.9 Å². The minimum atomic E-state index is -3.89. The number of anilines is 1. The quantitative estimate of drug-likeness (QED) is 0.399. The van der Waals surface area contributed by atoms with E-state index in [0.717, 1.165) is 12.6 Å². The maximum absolute atomic E-state index is 12.2. The van der Waals surface area contributed by atoms with Crippen LogP contribution >= 0.6 is 0 Å². The summed E-state index contributed by atoms with van der Waals surface area (Å²) in [6, 6.07) is 0.536. The molecule has 0 aliphatic rings. The molecule has 0 aromatic carbocycles. The number of hydrogen-bond acceptors (Lipinski definition) is 6. The lowest BCUT2D eigenvalue weighted by Crippen LogP contribution is -2.45. The molecule has 1 rings (SSSR count). The van der Waals surface area contributed by atoms with Gasteiger partial charge in [-0.25, -0.2) is 8.42 Å². The first-order chi connectivity index (χ1) is 9.42.